The van der Waals surface area contributed by atoms with Crippen molar-refractivity contribution in [2.24, 2.45) is 0 Å². The molecule has 13 nitrogen and oxygen atoms in total. The van der Waals surface area contributed by atoms with Crippen LogP contribution in [0, 0.1) is 10.1 Å². The first-order chi connectivity index (χ1) is 16.1. The predicted molar refractivity (Wildman–Crippen MR) is 122 cm³/mol. The van der Waals surface area contributed by atoms with Crippen molar-refractivity contribution in [3.05, 3.63) is 39.9 Å². The van der Waals surface area contributed by atoms with Crippen molar-refractivity contribution >= 4 is 30.1 Å². The van der Waals surface area contributed by atoms with E-state index >= 15 is 0 Å². The van der Waals surface area contributed by atoms with Crippen LogP contribution in [0.5, 0.6) is 0 Å². The van der Waals surface area contributed by atoms with Gasteiger partial charge in [0.2, 0.25) is 11.8 Å². The third-order valence-electron chi connectivity index (χ3n) is 5.72. The Hall–Kier alpha value is -2.33. The number of carbonyl (C=O) groups excluding carboxylic acids is 2. The second-order valence-electron chi connectivity index (χ2n) is 7.69. The molecule has 0 aliphatic carbocycles. The summed E-state index contributed by atoms with van der Waals surface area (Å²) in [6.45, 7) is -0.738. The Kier molecular flexibility index (Phi) is 10.2. The number of amides is 2. The highest BCUT2D eigenvalue weighted by Crippen LogP contribution is 2.35. The average Bonchev–Trinajstić information content (AvgIpc) is 2.84. The highest BCUT2D eigenvalue weighted by molar-refractivity contribution is 7.80. The number of nitrogens with one attached hydrogen (secondary N) is 2. The number of benzene rings is 1. The molecule has 1 heterocycles. The maximum Gasteiger partial charge on any atom is 0.274 e. The Bertz CT molecular complexity index is 874. The van der Waals surface area contributed by atoms with E-state index in [4.69, 9.17) is 4.74 Å². The molecule has 0 saturated carbocycles. The second kappa shape index (κ2) is 12.4. The molecule has 0 bridgehead atoms. The Morgan fingerprint density at radius 2 is 1.85 bits per heavy atom. The fourth-order valence-electron chi connectivity index (χ4n) is 3.86. The molecule has 1 aromatic carbocycles. The predicted octanol–water partition coefficient (Wildman–Crippen LogP) is -2.08. The topological polar surface area (TPSA) is 195 Å². The minimum atomic E-state index is -1.83. The quantitative estimate of drug-likeness (QED) is 0.106. The lowest BCUT2D eigenvalue weighted by Gasteiger charge is -2.47. The molecular weight excluding hydrogens is 472 g/mol. The van der Waals surface area contributed by atoms with Gasteiger partial charge in [0.25, 0.3) is 5.69 Å². The Morgan fingerprint density at radius 1 is 1.21 bits per heavy atom. The van der Waals surface area contributed by atoms with Crippen molar-refractivity contribution in [2.75, 3.05) is 26.5 Å². The van der Waals surface area contributed by atoms with Crippen molar-refractivity contribution in [2.45, 2.75) is 49.1 Å². The molecule has 4 unspecified atom stereocenters. The van der Waals surface area contributed by atoms with Gasteiger partial charge in [-0.05, 0) is 7.05 Å². The zero-order valence-electron chi connectivity index (χ0n) is 18.6. The van der Waals surface area contributed by atoms with Gasteiger partial charge in [-0.25, -0.2) is 0 Å². The second-order valence-corrected chi connectivity index (χ2v) is 8.06. The van der Waals surface area contributed by atoms with E-state index in [0.717, 1.165) is 4.90 Å². The van der Waals surface area contributed by atoms with Gasteiger partial charge >= 0.3 is 0 Å². The molecule has 1 aliphatic heterocycles. The first-order valence-electron chi connectivity index (χ1n) is 10.5. The highest BCUT2D eigenvalue weighted by Gasteiger charge is 2.49. The third kappa shape index (κ3) is 5.83. The molecule has 14 heteroatoms. The van der Waals surface area contributed by atoms with E-state index in [1.165, 1.54) is 38.4 Å². The molecule has 1 aliphatic rings. The van der Waals surface area contributed by atoms with Gasteiger partial charge in [0.1, 0.15) is 24.4 Å². The SMILES string of the molecule is CNC(=O)C(CC(=O)N(C(CS)c1ccccc1[N+](=O)[O-])[C@@H]1OC(CO)[C@H](O)[C@H](O)C1O)NC. The van der Waals surface area contributed by atoms with Crippen LogP contribution in [0.25, 0.3) is 0 Å². The number of nitro benzene ring substituents is 1. The molecule has 1 saturated heterocycles. The maximum absolute atomic E-state index is 13.5. The van der Waals surface area contributed by atoms with E-state index in [9.17, 15) is 40.1 Å². The molecule has 1 fully saturated rings. The van der Waals surface area contributed by atoms with Gasteiger partial charge in [0.05, 0.1) is 35.6 Å². The Labute approximate surface area is 201 Å². The molecule has 0 aromatic heterocycles. The standard InChI is InChI=1S/C20H30N4O9S/c1-21-11(19(30)22-2)7-15(26)23(20-18(29)17(28)16(27)14(8-25)33-20)13(9-34)10-5-3-4-6-12(10)24(31)32/h3-6,11,13-14,16-18,20-21,25,27-29,34H,7-9H2,1-2H3,(H,22,30)/t11?,13?,14?,16-,17-,18?,20+/m0/s1. The van der Waals surface area contributed by atoms with E-state index in [1.807, 2.05) is 0 Å². The van der Waals surface area contributed by atoms with E-state index in [1.54, 1.807) is 0 Å². The number of aliphatic hydroxyl groups is 4. The van der Waals surface area contributed by atoms with Crippen molar-refractivity contribution < 1.29 is 39.7 Å². The molecule has 0 radical (unpaired) electrons. The molecule has 0 spiro atoms. The van der Waals surface area contributed by atoms with Crippen LogP contribution in [0.2, 0.25) is 0 Å². The Balaban J connectivity index is 2.60. The van der Waals surface area contributed by atoms with Crippen molar-refractivity contribution in [1.82, 2.24) is 15.5 Å². The summed E-state index contributed by atoms with van der Waals surface area (Å²) in [5.74, 6) is -1.42. The summed E-state index contributed by atoms with van der Waals surface area (Å²) in [6.07, 6.45) is -8.69. The van der Waals surface area contributed by atoms with Gasteiger partial charge in [-0.2, -0.15) is 12.6 Å². The number of thiol groups is 1. The van der Waals surface area contributed by atoms with Crippen LogP contribution in [-0.2, 0) is 14.3 Å². The third-order valence-corrected chi connectivity index (χ3v) is 6.07. The minimum Gasteiger partial charge on any atom is -0.394 e. The fourth-order valence-corrected chi connectivity index (χ4v) is 4.23. The molecular formula is C20H30N4O9S. The molecule has 2 amide bonds. The zero-order chi connectivity index (χ0) is 25.6. The van der Waals surface area contributed by atoms with Gasteiger partial charge in [0.15, 0.2) is 6.23 Å². The normalized spacial score (nSPS) is 26.4. The van der Waals surface area contributed by atoms with Crippen molar-refractivity contribution in [3.8, 4) is 0 Å². The number of para-hydroxylation sites is 1. The average molecular weight is 503 g/mol. The molecule has 2 rings (SSSR count). The number of nitrogens with zero attached hydrogens (tertiary/aromatic N) is 2. The monoisotopic (exact) mass is 502 g/mol. The van der Waals surface area contributed by atoms with Crippen LogP contribution in [0.4, 0.5) is 5.69 Å². The van der Waals surface area contributed by atoms with Crippen LogP contribution >= 0.6 is 12.6 Å². The van der Waals surface area contributed by atoms with E-state index in [-0.39, 0.29) is 17.0 Å². The van der Waals surface area contributed by atoms with Crippen LogP contribution in [0.15, 0.2) is 24.3 Å². The number of nitro groups is 1. The first-order valence-corrected chi connectivity index (χ1v) is 11.1. The van der Waals surface area contributed by atoms with Crippen molar-refractivity contribution in [3.63, 3.8) is 0 Å². The lowest BCUT2D eigenvalue weighted by Crippen LogP contribution is -2.65. The van der Waals surface area contributed by atoms with Gasteiger partial charge in [-0.3, -0.25) is 19.7 Å². The van der Waals surface area contributed by atoms with Crippen LogP contribution in [-0.4, -0.2) is 105 Å². The summed E-state index contributed by atoms with van der Waals surface area (Å²) in [7, 11) is 2.85. The smallest absolute Gasteiger partial charge is 0.274 e. The lowest BCUT2D eigenvalue weighted by atomic mass is 9.95. The molecule has 190 valence electrons. The lowest BCUT2D eigenvalue weighted by molar-refractivity contribution is -0.386. The molecule has 6 N–H and O–H groups in total. The summed E-state index contributed by atoms with van der Waals surface area (Å²) in [5.41, 5.74) is -0.242. The van der Waals surface area contributed by atoms with Crippen LogP contribution in [0.3, 0.4) is 0 Å². The number of hydrogen-bond donors (Lipinski definition) is 7. The summed E-state index contributed by atoms with van der Waals surface area (Å²) in [4.78, 5) is 37.6. The van der Waals surface area contributed by atoms with E-state index in [2.05, 4.69) is 23.3 Å². The minimum absolute atomic E-state index is 0.0776. The first kappa shape index (κ1) is 27.9. The summed E-state index contributed by atoms with van der Waals surface area (Å²) in [5, 5.41) is 57.5. The number of ether oxygens (including phenoxy) is 1. The highest BCUT2D eigenvalue weighted by atomic mass is 32.1. The molecule has 1 aromatic rings. The Morgan fingerprint density at radius 3 is 2.38 bits per heavy atom. The van der Waals surface area contributed by atoms with Gasteiger partial charge in [-0.15, -0.1) is 0 Å². The fraction of sp³-hybridized carbons (Fsp3) is 0.600. The summed E-state index contributed by atoms with van der Waals surface area (Å²) in [6, 6.07) is 3.49. The number of aliphatic hydroxyl groups excluding tert-OH is 4. The molecule has 7 atom stereocenters. The van der Waals surface area contributed by atoms with Crippen LogP contribution in [0.1, 0.15) is 18.0 Å². The largest absolute Gasteiger partial charge is 0.394 e. The van der Waals surface area contributed by atoms with Gasteiger partial charge in [-0.1, -0.05) is 18.2 Å². The van der Waals surface area contributed by atoms with Gasteiger partial charge < -0.3 is 40.7 Å². The summed E-state index contributed by atoms with van der Waals surface area (Å²) >= 11 is 4.27. The number of hydrogen-bond acceptors (Lipinski definition) is 11. The number of likely N-dealkylation sites (N-methyl/N-ethyl adjacent to an activating group) is 2. The van der Waals surface area contributed by atoms with E-state index in [0.29, 0.717) is 0 Å². The summed E-state index contributed by atoms with van der Waals surface area (Å²) < 4.78 is 5.59. The van der Waals surface area contributed by atoms with Crippen LogP contribution < -0.4 is 10.6 Å². The maximum atomic E-state index is 13.5. The number of rotatable bonds is 10. The number of carbonyl (C=O) groups is 2. The van der Waals surface area contributed by atoms with E-state index < -0.39 is 72.5 Å². The van der Waals surface area contributed by atoms with Gasteiger partial charge in [0, 0.05) is 18.9 Å². The van der Waals surface area contributed by atoms with Crippen molar-refractivity contribution in [1.29, 1.82) is 0 Å². The zero-order valence-corrected chi connectivity index (χ0v) is 19.5. The molecule has 34 heavy (non-hydrogen) atoms.